The highest BCUT2D eigenvalue weighted by Crippen LogP contribution is 2.67. The van der Waals surface area contributed by atoms with Crippen LogP contribution in [0.25, 0.3) is 0 Å². The maximum atomic E-state index is 14.1. The van der Waals surface area contributed by atoms with E-state index in [9.17, 15) is 27.2 Å². The fourth-order valence-electron chi connectivity index (χ4n) is 4.71. The van der Waals surface area contributed by atoms with E-state index in [1.165, 1.54) is 10.6 Å². The summed E-state index contributed by atoms with van der Waals surface area (Å²) < 4.78 is 63.5. The summed E-state index contributed by atoms with van der Waals surface area (Å²) in [5.41, 5.74) is -1.25. The van der Waals surface area contributed by atoms with Crippen LogP contribution < -0.4 is 15.0 Å². The molecule has 1 aromatic heterocycles. The van der Waals surface area contributed by atoms with Gasteiger partial charge < -0.3 is 18.9 Å². The van der Waals surface area contributed by atoms with Crippen molar-refractivity contribution in [1.82, 2.24) is 9.47 Å². The molecule has 2 unspecified atom stereocenters. The number of carbonyl (C=O) groups is 1. The number of carbonyl (C=O) groups excluding carboxylic acids is 1. The van der Waals surface area contributed by atoms with Crippen molar-refractivity contribution in [2.24, 2.45) is 0 Å². The molecule has 2 aromatic rings. The standard InChI is InChI=1S/C20H15BrF4N2O4/c1-18-8-19(18,10-6-15(31-20(23,24)25)12(22)7-14(10)30-18)9-26-4-5-27-13(17(26)29)3-2-11(21)16(27)28/h2-3,6-7H,4-5,8-9H2,1H3. The third-order valence-electron chi connectivity index (χ3n) is 6.33. The van der Waals surface area contributed by atoms with Gasteiger partial charge in [0.05, 0.1) is 9.89 Å². The summed E-state index contributed by atoms with van der Waals surface area (Å²) in [4.78, 5) is 26.8. The van der Waals surface area contributed by atoms with E-state index >= 15 is 0 Å². The van der Waals surface area contributed by atoms with Crippen LogP contribution in [-0.2, 0) is 12.0 Å². The molecule has 0 bridgehead atoms. The lowest BCUT2D eigenvalue weighted by Crippen LogP contribution is -2.48. The molecule has 0 N–H and O–H groups in total. The zero-order chi connectivity index (χ0) is 22.3. The minimum Gasteiger partial charge on any atom is -0.486 e. The third kappa shape index (κ3) is 2.96. The number of rotatable bonds is 3. The second kappa shape index (κ2) is 6.24. The number of alkyl halides is 3. The van der Waals surface area contributed by atoms with E-state index in [1.54, 1.807) is 17.9 Å². The lowest BCUT2D eigenvalue weighted by Gasteiger charge is -2.32. The van der Waals surface area contributed by atoms with Crippen LogP contribution >= 0.6 is 15.9 Å². The van der Waals surface area contributed by atoms with Gasteiger partial charge in [-0.1, -0.05) is 0 Å². The number of hydrogen-bond acceptors (Lipinski definition) is 4. The van der Waals surface area contributed by atoms with Crippen LogP contribution in [0.1, 0.15) is 29.4 Å². The fraction of sp³-hybridized carbons (Fsp3) is 0.400. The molecule has 3 aliphatic rings. The number of nitrogens with zero attached hydrogens (tertiary/aromatic N) is 2. The summed E-state index contributed by atoms with van der Waals surface area (Å²) >= 11 is 3.16. The van der Waals surface area contributed by atoms with Crippen molar-refractivity contribution >= 4 is 21.8 Å². The molecule has 1 aliphatic carbocycles. The quantitative estimate of drug-likeness (QED) is 0.601. The van der Waals surface area contributed by atoms with Gasteiger partial charge in [-0.15, -0.1) is 13.2 Å². The maximum absolute atomic E-state index is 14.1. The number of ether oxygens (including phenoxy) is 2. The number of halogens is 5. The Morgan fingerprint density at radius 3 is 2.68 bits per heavy atom. The van der Waals surface area contributed by atoms with Crippen LogP contribution in [0, 0.1) is 5.82 Å². The topological polar surface area (TPSA) is 60.8 Å². The van der Waals surface area contributed by atoms with E-state index in [0.717, 1.165) is 12.1 Å². The van der Waals surface area contributed by atoms with Crippen LogP contribution in [0.4, 0.5) is 17.6 Å². The molecule has 11 heteroatoms. The molecule has 2 atom stereocenters. The van der Waals surface area contributed by atoms with Crippen LogP contribution in [0.2, 0.25) is 0 Å². The average Bonchev–Trinajstić information content (AvgIpc) is 3.18. The molecule has 0 radical (unpaired) electrons. The Hall–Kier alpha value is -2.56. The minimum atomic E-state index is -5.04. The lowest BCUT2D eigenvalue weighted by molar-refractivity contribution is -0.275. The SMILES string of the molecule is CC12CC1(CN1CCn3c(ccc(Br)c3=O)C1=O)c1cc(OC(F)(F)F)c(F)cc1O2. The second-order valence-electron chi connectivity index (χ2n) is 8.17. The van der Waals surface area contributed by atoms with Crippen molar-refractivity contribution < 1.29 is 31.8 Å². The Morgan fingerprint density at radius 1 is 1.23 bits per heavy atom. The summed E-state index contributed by atoms with van der Waals surface area (Å²) in [5, 5.41) is 0. The summed E-state index contributed by atoms with van der Waals surface area (Å²) in [7, 11) is 0. The van der Waals surface area contributed by atoms with Crippen LogP contribution in [0.15, 0.2) is 33.5 Å². The fourth-order valence-corrected chi connectivity index (χ4v) is 5.06. The first-order chi connectivity index (χ1) is 14.4. The Balaban J connectivity index is 1.49. The normalized spacial score (nSPS) is 26.1. The molecule has 1 amide bonds. The smallest absolute Gasteiger partial charge is 0.486 e. The van der Waals surface area contributed by atoms with Crippen molar-refractivity contribution in [2.45, 2.75) is 37.3 Å². The number of fused-ring (bicyclic) bond motifs is 4. The van der Waals surface area contributed by atoms with Crippen molar-refractivity contribution in [1.29, 1.82) is 0 Å². The predicted molar refractivity (Wildman–Crippen MR) is 103 cm³/mol. The number of pyridine rings is 1. The molecule has 6 nitrogen and oxygen atoms in total. The van der Waals surface area contributed by atoms with E-state index in [0.29, 0.717) is 16.5 Å². The van der Waals surface area contributed by atoms with Gasteiger partial charge in [-0.25, -0.2) is 4.39 Å². The highest BCUT2D eigenvalue weighted by atomic mass is 79.9. The Bertz CT molecular complexity index is 1200. The zero-order valence-electron chi connectivity index (χ0n) is 16.1. The summed E-state index contributed by atoms with van der Waals surface area (Å²) in [6.45, 7) is 2.48. The van der Waals surface area contributed by atoms with Crippen molar-refractivity contribution in [2.75, 3.05) is 13.1 Å². The van der Waals surface area contributed by atoms with E-state index in [-0.39, 0.29) is 42.5 Å². The van der Waals surface area contributed by atoms with Gasteiger partial charge in [-0.3, -0.25) is 9.59 Å². The van der Waals surface area contributed by atoms with Gasteiger partial charge in [-0.05, 0) is 41.1 Å². The summed E-state index contributed by atoms with van der Waals surface area (Å²) in [6.07, 6.45) is -4.58. The van der Waals surface area contributed by atoms with Gasteiger partial charge in [-0.2, -0.15) is 0 Å². The molecule has 0 saturated heterocycles. The largest absolute Gasteiger partial charge is 0.573 e. The van der Waals surface area contributed by atoms with Gasteiger partial charge >= 0.3 is 6.36 Å². The second-order valence-corrected chi connectivity index (χ2v) is 9.02. The van der Waals surface area contributed by atoms with E-state index in [4.69, 9.17) is 4.74 Å². The predicted octanol–water partition coefficient (Wildman–Crippen LogP) is 3.60. The van der Waals surface area contributed by atoms with Gasteiger partial charge in [0.2, 0.25) is 0 Å². The number of aromatic nitrogens is 1. The highest BCUT2D eigenvalue weighted by Gasteiger charge is 2.73. The van der Waals surface area contributed by atoms with Gasteiger partial charge in [0.25, 0.3) is 11.5 Å². The molecule has 164 valence electrons. The van der Waals surface area contributed by atoms with E-state index in [1.807, 2.05) is 0 Å². The van der Waals surface area contributed by atoms with E-state index in [2.05, 4.69) is 20.7 Å². The number of hydrogen-bond donors (Lipinski definition) is 0. The van der Waals surface area contributed by atoms with E-state index < -0.39 is 28.9 Å². The Labute approximate surface area is 181 Å². The average molecular weight is 503 g/mol. The van der Waals surface area contributed by atoms with Crippen LogP contribution in [0.3, 0.4) is 0 Å². The molecule has 31 heavy (non-hydrogen) atoms. The first kappa shape index (κ1) is 20.3. The van der Waals surface area contributed by atoms with Crippen LogP contribution in [0.5, 0.6) is 11.5 Å². The molecule has 1 fully saturated rings. The van der Waals surface area contributed by atoms with Crippen LogP contribution in [-0.4, -0.2) is 40.4 Å². The molecule has 0 spiro atoms. The Morgan fingerprint density at radius 2 is 1.97 bits per heavy atom. The molecular weight excluding hydrogens is 488 g/mol. The van der Waals surface area contributed by atoms with Gasteiger partial charge in [0.15, 0.2) is 11.6 Å². The van der Waals surface area contributed by atoms with Gasteiger partial charge in [0, 0.05) is 37.7 Å². The summed E-state index contributed by atoms with van der Waals surface area (Å²) in [6, 6.07) is 4.96. The molecule has 2 aliphatic heterocycles. The van der Waals surface area contributed by atoms with Crippen molar-refractivity contribution in [3.63, 3.8) is 0 Å². The molecule has 5 rings (SSSR count). The minimum absolute atomic E-state index is 0.144. The van der Waals surface area contributed by atoms with Crippen molar-refractivity contribution in [3.8, 4) is 11.5 Å². The molecule has 1 saturated carbocycles. The first-order valence-electron chi connectivity index (χ1n) is 9.42. The lowest BCUT2D eigenvalue weighted by atomic mass is 9.92. The number of benzene rings is 1. The number of amides is 1. The molecule has 1 aromatic carbocycles. The molecule has 3 heterocycles. The zero-order valence-corrected chi connectivity index (χ0v) is 17.6. The van der Waals surface area contributed by atoms with Crippen molar-refractivity contribution in [3.05, 3.63) is 56.2 Å². The summed E-state index contributed by atoms with van der Waals surface area (Å²) in [5.74, 6) is -2.33. The highest BCUT2D eigenvalue weighted by molar-refractivity contribution is 9.10. The molecular formula is C20H15BrF4N2O4. The third-order valence-corrected chi connectivity index (χ3v) is 6.93. The Kier molecular flexibility index (Phi) is 4.10. The first-order valence-corrected chi connectivity index (χ1v) is 10.2. The maximum Gasteiger partial charge on any atom is 0.573 e. The van der Waals surface area contributed by atoms with Gasteiger partial charge in [0.1, 0.15) is 17.0 Å². The monoisotopic (exact) mass is 502 g/mol.